The van der Waals surface area contributed by atoms with Crippen LogP contribution in [0.5, 0.6) is 0 Å². The highest BCUT2D eigenvalue weighted by Crippen LogP contribution is 2.48. The molecule has 2 heterocycles. The number of likely N-dealkylation sites (N-methyl/N-ethyl adjacent to an activating group) is 1. The summed E-state index contributed by atoms with van der Waals surface area (Å²) in [6.45, 7) is 2.11. The maximum absolute atomic E-state index is 11.7. The summed E-state index contributed by atoms with van der Waals surface area (Å²) in [5.74, 6) is 1.42. The fourth-order valence-electron chi connectivity index (χ4n) is 2.22. The van der Waals surface area contributed by atoms with Crippen LogP contribution in [0.3, 0.4) is 0 Å². The summed E-state index contributed by atoms with van der Waals surface area (Å²) in [7, 11) is 1.85. The van der Waals surface area contributed by atoms with Crippen LogP contribution in [0.1, 0.15) is 24.3 Å². The Bertz CT molecular complexity index is 454. The fraction of sp³-hybridized carbons (Fsp3) is 0.636. The van der Waals surface area contributed by atoms with Gasteiger partial charge in [0, 0.05) is 25.7 Å². The van der Waals surface area contributed by atoms with Crippen LogP contribution in [0, 0.1) is 0 Å². The molecule has 6 heteroatoms. The van der Waals surface area contributed by atoms with Gasteiger partial charge < -0.3 is 15.5 Å². The van der Waals surface area contributed by atoms with Gasteiger partial charge >= 0.3 is 0 Å². The molecule has 17 heavy (non-hydrogen) atoms. The summed E-state index contributed by atoms with van der Waals surface area (Å²) in [4.78, 5) is 15.6. The van der Waals surface area contributed by atoms with E-state index in [0.29, 0.717) is 18.3 Å². The summed E-state index contributed by atoms with van der Waals surface area (Å²) in [5.41, 5.74) is 7.12. The Kier molecular flexibility index (Phi) is 2.47. The number of aromatic nitrogens is 1. The average Bonchev–Trinajstić information content (AvgIpc) is 3.06. The van der Waals surface area contributed by atoms with Gasteiger partial charge in [-0.25, -0.2) is 0 Å². The van der Waals surface area contributed by atoms with Crippen molar-refractivity contribution in [2.24, 2.45) is 0 Å². The predicted octanol–water partition coefficient (Wildman–Crippen LogP) is 0.881. The number of carbonyl (C=O) groups excluding carboxylic acids is 1. The standard InChI is InChI=1S/C11H16N4OS/c1-14-4-5-15(6-8(14)16)11-9(7-2-3-7)10(12)13-17-11/h7H,2-6H2,1H3,(H2,12,13). The number of hydrogen-bond donors (Lipinski definition) is 1. The molecule has 1 aromatic heterocycles. The molecular formula is C11H16N4OS. The van der Waals surface area contributed by atoms with E-state index in [0.717, 1.165) is 18.1 Å². The molecule has 1 amide bonds. The number of amides is 1. The Morgan fingerprint density at radius 1 is 1.41 bits per heavy atom. The smallest absolute Gasteiger partial charge is 0.241 e. The first-order valence-electron chi connectivity index (χ1n) is 5.90. The minimum atomic E-state index is 0.171. The summed E-state index contributed by atoms with van der Waals surface area (Å²) < 4.78 is 4.25. The van der Waals surface area contributed by atoms with Crippen molar-refractivity contribution in [2.45, 2.75) is 18.8 Å². The molecule has 0 aromatic carbocycles. The number of hydrogen-bond acceptors (Lipinski definition) is 5. The summed E-state index contributed by atoms with van der Waals surface area (Å²) in [5, 5.41) is 1.12. The highest BCUT2D eigenvalue weighted by atomic mass is 32.1. The van der Waals surface area contributed by atoms with E-state index in [9.17, 15) is 4.79 Å². The molecule has 2 aliphatic rings. The Labute approximate surface area is 104 Å². The lowest BCUT2D eigenvalue weighted by atomic mass is 10.2. The van der Waals surface area contributed by atoms with Gasteiger partial charge in [-0.15, -0.1) is 0 Å². The third-order valence-corrected chi connectivity index (χ3v) is 4.41. The van der Waals surface area contributed by atoms with Crippen molar-refractivity contribution in [2.75, 3.05) is 37.3 Å². The van der Waals surface area contributed by atoms with Crippen LogP contribution >= 0.6 is 11.5 Å². The number of carbonyl (C=O) groups is 1. The van der Waals surface area contributed by atoms with Crippen LogP contribution in [0.2, 0.25) is 0 Å². The third-order valence-electron chi connectivity index (χ3n) is 3.47. The predicted molar refractivity (Wildman–Crippen MR) is 68.4 cm³/mol. The van der Waals surface area contributed by atoms with Crippen molar-refractivity contribution in [3.8, 4) is 0 Å². The topological polar surface area (TPSA) is 62.5 Å². The Hall–Kier alpha value is -1.30. The number of nitrogens with two attached hydrogens (primary N) is 1. The van der Waals surface area contributed by atoms with Gasteiger partial charge in [0.15, 0.2) is 0 Å². The van der Waals surface area contributed by atoms with Crippen LogP contribution in [-0.4, -0.2) is 41.9 Å². The second-order valence-corrected chi connectivity index (χ2v) is 5.55. The van der Waals surface area contributed by atoms with Crippen LogP contribution < -0.4 is 10.6 Å². The first kappa shape index (κ1) is 10.8. The van der Waals surface area contributed by atoms with E-state index in [1.54, 1.807) is 4.90 Å². The number of anilines is 2. The van der Waals surface area contributed by atoms with Gasteiger partial charge in [0.2, 0.25) is 5.91 Å². The fourth-order valence-corrected chi connectivity index (χ4v) is 3.14. The Morgan fingerprint density at radius 2 is 2.18 bits per heavy atom. The molecule has 1 aromatic rings. The number of nitrogens with zero attached hydrogens (tertiary/aromatic N) is 3. The van der Waals surface area contributed by atoms with Crippen LogP contribution in [0.15, 0.2) is 0 Å². The van der Waals surface area contributed by atoms with Gasteiger partial charge in [-0.1, -0.05) is 0 Å². The van der Waals surface area contributed by atoms with Crippen molar-refractivity contribution in [3.05, 3.63) is 5.56 Å². The lowest BCUT2D eigenvalue weighted by Gasteiger charge is -2.32. The lowest BCUT2D eigenvalue weighted by Crippen LogP contribution is -2.48. The Morgan fingerprint density at radius 3 is 2.82 bits per heavy atom. The van der Waals surface area contributed by atoms with Crippen molar-refractivity contribution in [1.29, 1.82) is 0 Å². The normalized spacial score (nSPS) is 21.1. The van der Waals surface area contributed by atoms with Gasteiger partial charge in [0.1, 0.15) is 10.8 Å². The molecule has 0 radical (unpaired) electrons. The van der Waals surface area contributed by atoms with E-state index in [1.807, 2.05) is 7.05 Å². The number of piperazine rings is 1. The van der Waals surface area contributed by atoms with E-state index in [4.69, 9.17) is 5.73 Å². The molecular weight excluding hydrogens is 236 g/mol. The second kappa shape index (κ2) is 3.87. The lowest BCUT2D eigenvalue weighted by molar-refractivity contribution is -0.129. The molecule has 0 spiro atoms. The van der Waals surface area contributed by atoms with E-state index in [1.165, 1.54) is 29.9 Å². The molecule has 1 aliphatic heterocycles. The highest BCUT2D eigenvalue weighted by Gasteiger charge is 2.33. The zero-order valence-electron chi connectivity index (χ0n) is 9.85. The SMILES string of the molecule is CN1CCN(c2snc(N)c2C2CC2)CC1=O. The minimum absolute atomic E-state index is 0.171. The first-order chi connectivity index (χ1) is 8.16. The van der Waals surface area contributed by atoms with E-state index >= 15 is 0 Å². The quantitative estimate of drug-likeness (QED) is 0.849. The largest absolute Gasteiger partial charge is 0.383 e. The van der Waals surface area contributed by atoms with Crippen LogP contribution in [-0.2, 0) is 4.79 Å². The van der Waals surface area contributed by atoms with Crippen molar-refractivity contribution < 1.29 is 4.79 Å². The van der Waals surface area contributed by atoms with Crippen molar-refractivity contribution >= 4 is 28.3 Å². The molecule has 5 nitrogen and oxygen atoms in total. The van der Waals surface area contributed by atoms with Gasteiger partial charge in [-0.05, 0) is 30.3 Å². The first-order valence-corrected chi connectivity index (χ1v) is 6.68. The van der Waals surface area contributed by atoms with Gasteiger partial charge in [-0.3, -0.25) is 4.79 Å². The molecule has 3 rings (SSSR count). The molecule has 2 fully saturated rings. The summed E-state index contributed by atoms with van der Waals surface area (Å²) in [6, 6.07) is 0. The molecule has 0 bridgehead atoms. The van der Waals surface area contributed by atoms with Crippen molar-refractivity contribution in [3.63, 3.8) is 0 Å². The Balaban J connectivity index is 1.86. The molecule has 92 valence electrons. The third kappa shape index (κ3) is 1.86. The average molecular weight is 252 g/mol. The van der Waals surface area contributed by atoms with E-state index in [-0.39, 0.29) is 5.91 Å². The van der Waals surface area contributed by atoms with Crippen LogP contribution in [0.25, 0.3) is 0 Å². The molecule has 1 aliphatic carbocycles. The monoisotopic (exact) mass is 252 g/mol. The second-order valence-electron chi connectivity index (χ2n) is 4.80. The highest BCUT2D eigenvalue weighted by molar-refractivity contribution is 7.10. The zero-order valence-corrected chi connectivity index (χ0v) is 10.7. The van der Waals surface area contributed by atoms with Crippen LogP contribution in [0.4, 0.5) is 10.8 Å². The van der Waals surface area contributed by atoms with E-state index in [2.05, 4.69) is 9.27 Å². The summed E-state index contributed by atoms with van der Waals surface area (Å²) in [6.07, 6.45) is 2.41. The zero-order chi connectivity index (χ0) is 12.0. The molecule has 0 unspecified atom stereocenters. The maximum atomic E-state index is 11.7. The molecule has 0 atom stereocenters. The molecule has 1 saturated carbocycles. The summed E-state index contributed by atoms with van der Waals surface area (Å²) >= 11 is 1.43. The minimum Gasteiger partial charge on any atom is -0.383 e. The number of rotatable bonds is 2. The molecule has 2 N–H and O–H groups in total. The van der Waals surface area contributed by atoms with E-state index < -0.39 is 0 Å². The van der Waals surface area contributed by atoms with Gasteiger partial charge in [0.05, 0.1) is 6.54 Å². The van der Waals surface area contributed by atoms with Gasteiger partial charge in [-0.2, -0.15) is 4.37 Å². The maximum Gasteiger partial charge on any atom is 0.241 e. The van der Waals surface area contributed by atoms with Gasteiger partial charge in [0.25, 0.3) is 0 Å². The molecule has 1 saturated heterocycles. The van der Waals surface area contributed by atoms with Crippen molar-refractivity contribution in [1.82, 2.24) is 9.27 Å². The number of nitrogen functional groups attached to an aromatic ring is 1.